The average molecular weight is 630 g/mol. The first kappa shape index (κ1) is 30.9. The number of nitrogens with zero attached hydrogens (tertiary/aromatic N) is 1. The van der Waals surface area contributed by atoms with E-state index in [-0.39, 0.29) is 35.7 Å². The van der Waals surface area contributed by atoms with Crippen LogP contribution < -0.4 is 9.47 Å². The molecule has 6 rings (SSSR count). The Morgan fingerprint density at radius 2 is 1.67 bits per heavy atom. The number of carbonyl (C=O) groups is 1. The summed E-state index contributed by atoms with van der Waals surface area (Å²) in [7, 11) is -1.49. The summed E-state index contributed by atoms with van der Waals surface area (Å²) < 4.78 is 46.0. The van der Waals surface area contributed by atoms with E-state index in [1.54, 1.807) is 0 Å². The summed E-state index contributed by atoms with van der Waals surface area (Å²) in [5.41, 5.74) is 7.77. The minimum absolute atomic E-state index is 0.167. The van der Waals surface area contributed by atoms with Gasteiger partial charge in [-0.15, -0.1) is 0 Å². The number of hydrogen-bond donors (Lipinski definition) is 0. The molecule has 1 aromatic heterocycles. The van der Waals surface area contributed by atoms with Crippen molar-refractivity contribution in [1.82, 2.24) is 5.16 Å². The zero-order chi connectivity index (χ0) is 31.4. The molecular formula is C36H39NO7S. The lowest BCUT2D eigenvalue weighted by molar-refractivity contribution is -0.140. The van der Waals surface area contributed by atoms with Crippen LogP contribution in [0.1, 0.15) is 65.3 Å². The van der Waals surface area contributed by atoms with E-state index in [1.807, 2.05) is 43.3 Å². The van der Waals surface area contributed by atoms with Gasteiger partial charge in [0.2, 0.25) is 0 Å². The van der Waals surface area contributed by atoms with Crippen molar-refractivity contribution in [2.24, 2.45) is 5.92 Å². The molecule has 4 aromatic rings. The molecule has 0 radical (unpaired) electrons. The van der Waals surface area contributed by atoms with Crippen molar-refractivity contribution < 1.29 is 31.9 Å². The number of fused-ring (bicyclic) bond motifs is 3. The SMILES string of the molecule is COC(=O)CC(c1ccc(OCc2ccc3c(c2)-c2ccc(OCC4CCS(=O)(=O)CC4)cc2CCC3)cc1)c1cc(C)on1. The van der Waals surface area contributed by atoms with Crippen LogP contribution in [0.15, 0.2) is 71.3 Å². The molecule has 1 saturated heterocycles. The number of aromatic nitrogens is 1. The van der Waals surface area contributed by atoms with Gasteiger partial charge in [-0.25, -0.2) is 8.42 Å². The molecule has 1 fully saturated rings. The molecule has 1 aliphatic carbocycles. The minimum atomic E-state index is -2.87. The Morgan fingerprint density at radius 3 is 2.40 bits per heavy atom. The Kier molecular flexibility index (Phi) is 9.26. The number of esters is 1. The topological polar surface area (TPSA) is 105 Å². The maximum atomic E-state index is 12.1. The fourth-order valence-corrected chi connectivity index (χ4v) is 7.85. The molecule has 2 aliphatic rings. The van der Waals surface area contributed by atoms with Crippen molar-refractivity contribution in [2.45, 2.75) is 58.0 Å². The zero-order valence-corrected chi connectivity index (χ0v) is 26.6. The summed E-state index contributed by atoms with van der Waals surface area (Å²) in [5.74, 6) is 2.50. The highest BCUT2D eigenvalue weighted by molar-refractivity contribution is 7.91. The number of benzene rings is 3. The number of methoxy groups -OCH3 is 1. The standard InChI is InChI=1S/C36H39NO7S/c1-24-18-35(37-44-24)34(21-36(38)41-2)28-8-10-30(11-9-28)42-23-26-6-7-27-4-3-5-29-20-31(12-13-32(29)33(27)19-26)43-22-25-14-16-45(39,40)17-15-25/h6-13,18-20,25,34H,3-5,14-17,21-23H2,1-2H3. The van der Waals surface area contributed by atoms with Gasteiger partial charge in [-0.05, 0) is 109 Å². The monoisotopic (exact) mass is 629 g/mol. The maximum Gasteiger partial charge on any atom is 0.306 e. The van der Waals surface area contributed by atoms with Gasteiger partial charge in [0.15, 0.2) is 0 Å². The summed E-state index contributed by atoms with van der Waals surface area (Å²) in [6, 6.07) is 22.5. The number of aryl methyl sites for hydroxylation is 3. The first-order valence-corrected chi connectivity index (χ1v) is 17.4. The highest BCUT2D eigenvalue weighted by atomic mass is 32.2. The van der Waals surface area contributed by atoms with Crippen LogP contribution in [0.5, 0.6) is 11.5 Å². The quantitative estimate of drug-likeness (QED) is 0.180. The van der Waals surface area contributed by atoms with Gasteiger partial charge in [0.1, 0.15) is 33.7 Å². The fourth-order valence-electron chi connectivity index (χ4n) is 6.26. The van der Waals surface area contributed by atoms with Gasteiger partial charge in [0.05, 0.1) is 37.3 Å². The third-order valence-corrected chi connectivity index (χ3v) is 10.6. The van der Waals surface area contributed by atoms with Gasteiger partial charge in [-0.1, -0.05) is 35.5 Å². The van der Waals surface area contributed by atoms with E-state index in [1.165, 1.54) is 29.4 Å². The third-order valence-electron chi connectivity index (χ3n) is 8.88. The van der Waals surface area contributed by atoms with Gasteiger partial charge in [-0.2, -0.15) is 0 Å². The van der Waals surface area contributed by atoms with Gasteiger partial charge in [0.25, 0.3) is 0 Å². The largest absolute Gasteiger partial charge is 0.493 e. The van der Waals surface area contributed by atoms with Crippen LogP contribution in [0.25, 0.3) is 11.1 Å². The summed E-state index contributed by atoms with van der Waals surface area (Å²) in [6.45, 7) is 2.81. The van der Waals surface area contributed by atoms with Crippen molar-refractivity contribution in [1.29, 1.82) is 0 Å². The molecule has 1 unspecified atom stereocenters. The fraction of sp³-hybridized carbons (Fsp3) is 0.389. The molecule has 45 heavy (non-hydrogen) atoms. The molecule has 0 saturated carbocycles. The summed E-state index contributed by atoms with van der Waals surface area (Å²) in [6.07, 6.45) is 4.57. The van der Waals surface area contributed by atoms with Gasteiger partial charge >= 0.3 is 5.97 Å². The van der Waals surface area contributed by atoms with E-state index in [9.17, 15) is 13.2 Å². The van der Waals surface area contributed by atoms with Crippen molar-refractivity contribution in [2.75, 3.05) is 25.2 Å². The van der Waals surface area contributed by atoms with Crippen molar-refractivity contribution in [3.8, 4) is 22.6 Å². The summed E-state index contributed by atoms with van der Waals surface area (Å²) >= 11 is 0. The Bertz CT molecular complexity index is 1750. The van der Waals surface area contributed by atoms with E-state index in [0.717, 1.165) is 41.9 Å². The Labute approximate surface area is 264 Å². The predicted molar refractivity (Wildman–Crippen MR) is 171 cm³/mol. The lowest BCUT2D eigenvalue weighted by Crippen LogP contribution is -2.26. The van der Waals surface area contributed by atoms with E-state index < -0.39 is 9.84 Å². The molecule has 0 bridgehead atoms. The van der Waals surface area contributed by atoms with Crippen molar-refractivity contribution >= 4 is 15.8 Å². The Morgan fingerprint density at radius 1 is 0.911 bits per heavy atom. The second-order valence-corrected chi connectivity index (χ2v) is 14.4. The summed E-state index contributed by atoms with van der Waals surface area (Å²) in [4.78, 5) is 12.1. The molecule has 1 aliphatic heterocycles. The second-order valence-electron chi connectivity index (χ2n) is 12.1. The van der Waals surface area contributed by atoms with Crippen LogP contribution in [-0.4, -0.2) is 44.8 Å². The van der Waals surface area contributed by atoms with Crippen molar-refractivity contribution in [3.05, 3.63) is 100 Å². The van der Waals surface area contributed by atoms with Crippen LogP contribution in [0, 0.1) is 12.8 Å². The zero-order valence-electron chi connectivity index (χ0n) is 25.8. The van der Waals surface area contributed by atoms with Crippen LogP contribution in [0.3, 0.4) is 0 Å². The highest BCUT2D eigenvalue weighted by Gasteiger charge is 2.25. The number of rotatable bonds is 10. The smallest absolute Gasteiger partial charge is 0.306 e. The molecule has 1 atom stereocenters. The Balaban J connectivity index is 1.12. The molecule has 0 N–H and O–H groups in total. The first-order chi connectivity index (χ1) is 21.8. The van der Waals surface area contributed by atoms with Crippen molar-refractivity contribution in [3.63, 3.8) is 0 Å². The molecule has 9 heteroatoms. The van der Waals surface area contributed by atoms with Gasteiger partial charge in [0, 0.05) is 12.0 Å². The Hall–Kier alpha value is -4.11. The van der Waals surface area contributed by atoms with E-state index in [2.05, 4.69) is 35.5 Å². The van der Waals surface area contributed by atoms with E-state index in [0.29, 0.717) is 37.5 Å². The maximum absolute atomic E-state index is 12.1. The molecule has 0 amide bonds. The van der Waals surface area contributed by atoms with Crippen LogP contribution in [0.4, 0.5) is 0 Å². The second kappa shape index (κ2) is 13.5. The van der Waals surface area contributed by atoms with Crippen LogP contribution in [-0.2, 0) is 38.8 Å². The van der Waals surface area contributed by atoms with Gasteiger partial charge < -0.3 is 18.7 Å². The lowest BCUT2D eigenvalue weighted by Gasteiger charge is -2.22. The summed E-state index contributed by atoms with van der Waals surface area (Å²) in [5, 5.41) is 4.13. The number of carbonyl (C=O) groups excluding carboxylic acids is 1. The number of ether oxygens (including phenoxy) is 3. The number of sulfone groups is 1. The molecule has 2 heterocycles. The third kappa shape index (κ3) is 7.59. The molecule has 236 valence electrons. The van der Waals surface area contributed by atoms with E-state index in [4.69, 9.17) is 18.7 Å². The molecule has 8 nitrogen and oxygen atoms in total. The highest BCUT2D eigenvalue weighted by Crippen LogP contribution is 2.36. The normalized spacial score (nSPS) is 16.6. The molecule has 3 aromatic carbocycles. The average Bonchev–Trinajstić information content (AvgIpc) is 3.39. The van der Waals surface area contributed by atoms with Crippen LogP contribution >= 0.6 is 0 Å². The predicted octanol–water partition coefficient (Wildman–Crippen LogP) is 6.62. The van der Waals surface area contributed by atoms with Crippen LogP contribution in [0.2, 0.25) is 0 Å². The first-order valence-electron chi connectivity index (χ1n) is 15.6. The van der Waals surface area contributed by atoms with E-state index >= 15 is 0 Å². The molecule has 0 spiro atoms. The van der Waals surface area contributed by atoms with Gasteiger partial charge in [-0.3, -0.25) is 4.79 Å². The lowest BCUT2D eigenvalue weighted by atomic mass is 9.92. The molecular weight excluding hydrogens is 590 g/mol. The number of hydrogen-bond acceptors (Lipinski definition) is 8. The minimum Gasteiger partial charge on any atom is -0.493 e.